The van der Waals surface area contributed by atoms with Crippen molar-refractivity contribution in [1.29, 1.82) is 0 Å². The van der Waals surface area contributed by atoms with Gasteiger partial charge in [-0.2, -0.15) is 0 Å². The maximum absolute atomic E-state index is 6.19. The Bertz CT molecular complexity index is 4620. The lowest BCUT2D eigenvalue weighted by Gasteiger charge is -2.35. The second kappa shape index (κ2) is 27.6. The fourth-order valence-corrected chi connectivity index (χ4v) is 14.2. The Morgan fingerprint density at radius 2 is 0.642 bits per heavy atom. The molecule has 95 heavy (non-hydrogen) atoms. The standard InChI is InChI=1S/C87H74N2O6/c1-5-54-92-74-44-30-64(31-45-74)86(66-34-48-76(49-35-66)94-58-56-90-4)82-24-16-14-22-78(82)80-52-42-72(60-84(80)86)88(68-18-10-8-11-19-68)70-38-26-62(27-39-70)63-28-40-71(41-29-63)89(69-20-12-9-13-21-69)73-43-53-81-79-23-15-17-25-83(79)87(85(81)61-73,65-32-46-75(47-33-65)93-55-6-2)67-36-50-77(51-37-67)95-59-57-91-7-3/h5-6,8-53,60-61H,1-2,7,54-59H2,3-4H3. The normalized spacial score (nSPS) is 14.8. The molecule has 0 N–H and O–H groups in total. The number of fused-ring (bicyclic) bond motifs is 6. The lowest BCUT2D eigenvalue weighted by atomic mass is 9.67. The zero-order valence-electron chi connectivity index (χ0n) is 53.6. The van der Waals surface area contributed by atoms with Gasteiger partial charge in [-0.1, -0.05) is 195 Å². The molecule has 0 radical (unpaired) electrons. The van der Waals surface area contributed by atoms with Crippen LogP contribution in [0.3, 0.4) is 0 Å². The van der Waals surface area contributed by atoms with Crippen LogP contribution in [0.25, 0.3) is 33.4 Å². The molecule has 2 aliphatic carbocycles. The van der Waals surface area contributed by atoms with E-state index >= 15 is 0 Å². The van der Waals surface area contributed by atoms with Gasteiger partial charge in [-0.25, -0.2) is 0 Å². The maximum Gasteiger partial charge on any atom is 0.119 e. The van der Waals surface area contributed by atoms with Gasteiger partial charge in [0.2, 0.25) is 0 Å². The van der Waals surface area contributed by atoms with Crippen molar-refractivity contribution in [1.82, 2.24) is 0 Å². The van der Waals surface area contributed by atoms with Crippen LogP contribution in [-0.2, 0) is 20.3 Å². The minimum absolute atomic E-state index is 0.422. The van der Waals surface area contributed by atoms with Gasteiger partial charge < -0.3 is 38.2 Å². The highest BCUT2D eigenvalue weighted by Gasteiger charge is 2.48. The van der Waals surface area contributed by atoms with Crippen molar-refractivity contribution in [3.05, 3.63) is 361 Å². The first-order valence-corrected chi connectivity index (χ1v) is 32.6. The summed E-state index contributed by atoms with van der Waals surface area (Å²) < 4.78 is 35.4. The zero-order valence-corrected chi connectivity index (χ0v) is 53.6. The lowest BCUT2D eigenvalue weighted by molar-refractivity contribution is 0.110. The molecular formula is C87H74N2O6. The van der Waals surface area contributed by atoms with E-state index in [1.165, 1.54) is 44.5 Å². The summed E-state index contributed by atoms with van der Waals surface area (Å²) in [7, 11) is 1.69. The molecule has 2 unspecified atom stereocenters. The number of nitrogens with zero attached hydrogens (tertiary/aromatic N) is 2. The highest BCUT2D eigenvalue weighted by atomic mass is 16.5. The van der Waals surface area contributed by atoms with Gasteiger partial charge in [-0.05, 0) is 206 Å². The number of rotatable bonds is 26. The van der Waals surface area contributed by atoms with E-state index in [9.17, 15) is 0 Å². The molecule has 12 aromatic carbocycles. The van der Waals surface area contributed by atoms with Crippen LogP contribution in [0, 0.1) is 0 Å². The Hall–Kier alpha value is -11.2. The van der Waals surface area contributed by atoms with Crippen molar-refractivity contribution in [2.45, 2.75) is 17.8 Å². The summed E-state index contributed by atoms with van der Waals surface area (Å²) in [5.41, 5.74) is 21.1. The van der Waals surface area contributed by atoms with Gasteiger partial charge in [0.1, 0.15) is 49.4 Å². The van der Waals surface area contributed by atoms with Crippen LogP contribution in [0.5, 0.6) is 23.0 Å². The molecule has 0 fully saturated rings. The van der Waals surface area contributed by atoms with E-state index < -0.39 is 10.8 Å². The maximum atomic E-state index is 6.19. The van der Waals surface area contributed by atoms with E-state index in [2.05, 4.69) is 314 Å². The Labute approximate surface area is 557 Å². The Morgan fingerprint density at radius 1 is 0.316 bits per heavy atom. The molecule has 2 aliphatic rings. The first kappa shape index (κ1) is 61.4. The zero-order chi connectivity index (χ0) is 64.6. The fraction of sp³-hybridized carbons (Fsp3) is 0.126. The summed E-state index contributed by atoms with van der Waals surface area (Å²) in [5.74, 6) is 3.16. The first-order chi connectivity index (χ1) is 46.9. The summed E-state index contributed by atoms with van der Waals surface area (Å²) in [6.07, 6.45) is 3.54. The summed E-state index contributed by atoms with van der Waals surface area (Å²) in [6.45, 7) is 13.2. The Kier molecular flexibility index (Phi) is 17.8. The van der Waals surface area contributed by atoms with Crippen molar-refractivity contribution in [3.63, 3.8) is 0 Å². The molecule has 8 heteroatoms. The van der Waals surface area contributed by atoms with Crippen molar-refractivity contribution < 1.29 is 28.4 Å². The quantitative estimate of drug-likeness (QED) is 0.0393. The monoisotopic (exact) mass is 1240 g/mol. The van der Waals surface area contributed by atoms with Gasteiger partial charge >= 0.3 is 0 Å². The predicted octanol–water partition coefficient (Wildman–Crippen LogP) is 20.6. The molecule has 468 valence electrons. The molecule has 0 aromatic heterocycles. The topological polar surface area (TPSA) is 61.9 Å². The van der Waals surface area contributed by atoms with E-state index in [-0.39, 0.29) is 0 Å². The average Bonchev–Trinajstić information content (AvgIpc) is 1.56. The van der Waals surface area contributed by atoms with Crippen LogP contribution < -0.4 is 28.7 Å². The largest absolute Gasteiger partial charge is 0.491 e. The molecular weight excluding hydrogens is 1170 g/mol. The van der Waals surface area contributed by atoms with Gasteiger partial charge in [0.25, 0.3) is 0 Å². The van der Waals surface area contributed by atoms with Crippen molar-refractivity contribution in [2.24, 2.45) is 0 Å². The number of hydrogen-bond acceptors (Lipinski definition) is 8. The second-order valence-electron chi connectivity index (χ2n) is 23.7. The van der Waals surface area contributed by atoms with E-state index in [4.69, 9.17) is 28.4 Å². The molecule has 0 spiro atoms. The van der Waals surface area contributed by atoms with Gasteiger partial charge in [0.05, 0.1) is 24.0 Å². The van der Waals surface area contributed by atoms with Crippen LogP contribution in [-0.4, -0.2) is 53.4 Å². The molecule has 12 aromatic rings. The number of ether oxygens (including phenoxy) is 6. The molecule has 0 amide bonds. The van der Waals surface area contributed by atoms with Crippen molar-refractivity contribution in [2.75, 3.05) is 63.2 Å². The van der Waals surface area contributed by atoms with Gasteiger partial charge in [0, 0.05) is 47.8 Å². The highest BCUT2D eigenvalue weighted by Crippen LogP contribution is 2.60. The smallest absolute Gasteiger partial charge is 0.119 e. The molecule has 8 nitrogen and oxygen atoms in total. The summed E-state index contributed by atoms with van der Waals surface area (Å²) in [4.78, 5) is 4.73. The van der Waals surface area contributed by atoms with E-state index in [0.717, 1.165) is 90.5 Å². The summed E-state index contributed by atoms with van der Waals surface area (Å²) >= 11 is 0. The first-order valence-electron chi connectivity index (χ1n) is 32.6. The van der Waals surface area contributed by atoms with E-state index in [0.29, 0.717) is 46.2 Å². The fourth-order valence-electron chi connectivity index (χ4n) is 14.2. The van der Waals surface area contributed by atoms with Gasteiger partial charge in [-0.3, -0.25) is 0 Å². The minimum Gasteiger partial charge on any atom is -0.491 e. The number of para-hydroxylation sites is 2. The van der Waals surface area contributed by atoms with Crippen LogP contribution in [0.4, 0.5) is 34.1 Å². The molecule has 0 saturated carbocycles. The van der Waals surface area contributed by atoms with Crippen molar-refractivity contribution in [3.8, 4) is 56.4 Å². The molecule has 0 bridgehead atoms. The van der Waals surface area contributed by atoms with Gasteiger partial charge in [0.15, 0.2) is 0 Å². The van der Waals surface area contributed by atoms with E-state index in [1.807, 2.05) is 6.92 Å². The van der Waals surface area contributed by atoms with Crippen LogP contribution in [0.1, 0.15) is 51.4 Å². The molecule has 0 aliphatic heterocycles. The Balaban J connectivity index is 0.830. The molecule has 0 heterocycles. The third-order valence-electron chi connectivity index (χ3n) is 18.3. The van der Waals surface area contributed by atoms with Crippen molar-refractivity contribution >= 4 is 34.1 Å². The summed E-state index contributed by atoms with van der Waals surface area (Å²) in [6, 6.07) is 105. The van der Waals surface area contributed by atoms with Crippen LogP contribution >= 0.6 is 0 Å². The highest BCUT2D eigenvalue weighted by molar-refractivity contribution is 5.92. The van der Waals surface area contributed by atoms with E-state index in [1.54, 1.807) is 19.3 Å². The number of benzene rings is 12. The third kappa shape index (κ3) is 11.6. The lowest BCUT2D eigenvalue weighted by Crippen LogP contribution is -2.29. The van der Waals surface area contributed by atoms with Crippen LogP contribution in [0.2, 0.25) is 0 Å². The van der Waals surface area contributed by atoms with Crippen LogP contribution in [0.15, 0.2) is 316 Å². The van der Waals surface area contributed by atoms with Gasteiger partial charge in [-0.15, -0.1) is 0 Å². The summed E-state index contributed by atoms with van der Waals surface area (Å²) in [5, 5.41) is 0. The third-order valence-corrected chi connectivity index (χ3v) is 18.3. The number of anilines is 6. The minimum atomic E-state index is -0.699. The number of methoxy groups -OCH3 is 1. The molecule has 14 rings (SSSR count). The molecule has 2 atom stereocenters. The predicted molar refractivity (Wildman–Crippen MR) is 387 cm³/mol. The number of hydrogen-bond donors (Lipinski definition) is 0. The second-order valence-corrected chi connectivity index (χ2v) is 23.7. The Morgan fingerprint density at radius 3 is 1.01 bits per heavy atom. The SMILES string of the molecule is C=CCOc1ccc(C2(c3ccc(OCCOC)cc3)c3ccccc3-c3ccc(N(c4ccccc4)c4ccc(-c5ccc(N(c6ccccc6)c6ccc7c(c6)C(c6ccc(OCC=C)cc6)(c6ccc(OCCOCC)cc6)c6ccccc6-7)cc5)cc4)cc32)cc1. The molecule has 0 saturated heterocycles. The average molecular weight is 1240 g/mol.